The summed E-state index contributed by atoms with van der Waals surface area (Å²) in [5.41, 5.74) is 3.17. The molecule has 0 radical (unpaired) electrons. The third-order valence-corrected chi connectivity index (χ3v) is 5.51. The minimum atomic E-state index is -0.0672. The first-order chi connectivity index (χ1) is 12.5. The highest BCUT2D eigenvalue weighted by Gasteiger charge is 2.35. The van der Waals surface area contributed by atoms with Crippen LogP contribution in [0.25, 0.3) is 0 Å². The van der Waals surface area contributed by atoms with Crippen LogP contribution in [0, 0.1) is 6.92 Å². The summed E-state index contributed by atoms with van der Waals surface area (Å²) in [6, 6.07) is 2.38. The molecule has 0 unspecified atom stereocenters. The monoisotopic (exact) mass is 358 g/mol. The second-order valence-corrected chi connectivity index (χ2v) is 7.55. The van der Waals surface area contributed by atoms with Crippen LogP contribution < -0.4 is 0 Å². The molecule has 1 fully saturated rings. The Labute approximate surface area is 153 Å². The maximum absolute atomic E-state index is 13.1. The van der Waals surface area contributed by atoms with Crippen LogP contribution in [0.4, 0.5) is 0 Å². The summed E-state index contributed by atoms with van der Waals surface area (Å²) in [6.45, 7) is 9.77. The fraction of sp³-hybridized carbons (Fsp3) is 0.667. The van der Waals surface area contributed by atoms with Gasteiger partial charge in [0.1, 0.15) is 11.4 Å². The molecule has 4 rings (SSSR count). The maximum atomic E-state index is 13.1. The lowest BCUT2D eigenvalue weighted by atomic mass is 10.1. The lowest BCUT2D eigenvalue weighted by molar-refractivity contribution is 0.0723. The Hall–Kier alpha value is -2.22. The van der Waals surface area contributed by atoms with E-state index in [0.29, 0.717) is 11.7 Å². The molecule has 0 saturated carbocycles. The predicted molar refractivity (Wildman–Crippen MR) is 94.4 cm³/mol. The van der Waals surface area contributed by atoms with Crippen LogP contribution in [0.2, 0.25) is 0 Å². The van der Waals surface area contributed by atoms with E-state index in [4.69, 9.17) is 4.63 Å². The first kappa shape index (κ1) is 17.2. The SMILES string of the molecule is Cc1nonc1[C@H]1CCCN1C(=O)c1cc2n(n1)CCCN(C(C)C)C2. The van der Waals surface area contributed by atoms with Crippen molar-refractivity contribution in [3.63, 3.8) is 0 Å². The van der Waals surface area contributed by atoms with Gasteiger partial charge >= 0.3 is 0 Å². The zero-order valence-corrected chi connectivity index (χ0v) is 15.7. The third kappa shape index (κ3) is 3.02. The average molecular weight is 358 g/mol. The van der Waals surface area contributed by atoms with Crippen LogP contribution in [0.3, 0.4) is 0 Å². The number of nitrogens with zero attached hydrogens (tertiary/aromatic N) is 6. The zero-order chi connectivity index (χ0) is 18.3. The highest BCUT2D eigenvalue weighted by Crippen LogP contribution is 2.33. The molecule has 0 aliphatic carbocycles. The van der Waals surface area contributed by atoms with E-state index in [-0.39, 0.29) is 11.9 Å². The largest absolute Gasteiger partial charge is 0.328 e. The van der Waals surface area contributed by atoms with Crippen molar-refractivity contribution < 1.29 is 9.42 Å². The summed E-state index contributed by atoms with van der Waals surface area (Å²) < 4.78 is 6.85. The van der Waals surface area contributed by atoms with Gasteiger partial charge in [0.25, 0.3) is 5.91 Å². The fourth-order valence-corrected chi connectivity index (χ4v) is 4.01. The molecule has 2 aromatic rings. The molecule has 2 aromatic heterocycles. The number of aryl methyl sites for hydroxylation is 2. The van der Waals surface area contributed by atoms with Crippen LogP contribution in [0.5, 0.6) is 0 Å². The number of amides is 1. The Morgan fingerprint density at radius 2 is 2.08 bits per heavy atom. The van der Waals surface area contributed by atoms with Crippen molar-refractivity contribution in [2.75, 3.05) is 13.1 Å². The van der Waals surface area contributed by atoms with Gasteiger partial charge in [-0.2, -0.15) is 5.10 Å². The maximum Gasteiger partial charge on any atom is 0.274 e. The molecule has 1 saturated heterocycles. The van der Waals surface area contributed by atoms with Gasteiger partial charge in [0.15, 0.2) is 5.69 Å². The normalized spacial score (nSPS) is 21.2. The molecule has 0 bridgehead atoms. The van der Waals surface area contributed by atoms with Crippen molar-refractivity contribution in [1.29, 1.82) is 0 Å². The Balaban J connectivity index is 1.57. The number of aromatic nitrogens is 4. The number of hydrogen-bond donors (Lipinski definition) is 0. The summed E-state index contributed by atoms with van der Waals surface area (Å²) >= 11 is 0. The van der Waals surface area contributed by atoms with Gasteiger partial charge in [-0.05, 0) is 46.1 Å². The number of rotatable bonds is 3. The number of fused-ring (bicyclic) bond motifs is 1. The molecule has 0 N–H and O–H groups in total. The molecule has 26 heavy (non-hydrogen) atoms. The second kappa shape index (κ2) is 6.83. The molecule has 0 spiro atoms. The summed E-state index contributed by atoms with van der Waals surface area (Å²) in [5, 5.41) is 12.5. The zero-order valence-electron chi connectivity index (χ0n) is 15.7. The van der Waals surface area contributed by atoms with E-state index in [1.807, 2.05) is 22.6 Å². The third-order valence-electron chi connectivity index (χ3n) is 5.51. The van der Waals surface area contributed by atoms with Crippen LogP contribution >= 0.6 is 0 Å². The topological polar surface area (TPSA) is 80.3 Å². The van der Waals surface area contributed by atoms with Crippen LogP contribution in [-0.4, -0.2) is 54.9 Å². The molecule has 8 nitrogen and oxygen atoms in total. The first-order valence-corrected chi connectivity index (χ1v) is 9.45. The Morgan fingerprint density at radius 3 is 2.81 bits per heavy atom. The Kier molecular flexibility index (Phi) is 4.52. The first-order valence-electron chi connectivity index (χ1n) is 9.45. The molecular weight excluding hydrogens is 332 g/mol. The Bertz CT molecular complexity index is 795. The molecule has 140 valence electrons. The summed E-state index contributed by atoms with van der Waals surface area (Å²) in [7, 11) is 0. The highest BCUT2D eigenvalue weighted by atomic mass is 16.6. The highest BCUT2D eigenvalue weighted by molar-refractivity contribution is 5.93. The lowest BCUT2D eigenvalue weighted by Crippen LogP contribution is -2.31. The van der Waals surface area contributed by atoms with Crippen LogP contribution in [0.1, 0.15) is 66.7 Å². The second-order valence-electron chi connectivity index (χ2n) is 7.55. The minimum Gasteiger partial charge on any atom is -0.328 e. The number of likely N-dealkylation sites (tertiary alicyclic amines) is 1. The van der Waals surface area contributed by atoms with Gasteiger partial charge in [0.05, 0.1) is 11.7 Å². The average Bonchev–Trinajstić information content (AvgIpc) is 3.31. The molecular formula is C18H26N6O2. The van der Waals surface area contributed by atoms with Crippen molar-refractivity contribution in [3.05, 3.63) is 28.8 Å². The summed E-state index contributed by atoms with van der Waals surface area (Å²) in [5.74, 6) is -0.0217. The molecule has 2 aliphatic heterocycles. The van der Waals surface area contributed by atoms with E-state index in [0.717, 1.165) is 62.5 Å². The molecule has 1 atom stereocenters. The van der Waals surface area contributed by atoms with Crippen molar-refractivity contribution in [2.24, 2.45) is 0 Å². The van der Waals surface area contributed by atoms with Gasteiger partial charge in [-0.25, -0.2) is 4.63 Å². The number of hydrogen-bond acceptors (Lipinski definition) is 6. The van der Waals surface area contributed by atoms with E-state index < -0.39 is 0 Å². The number of carbonyl (C=O) groups excluding carboxylic acids is 1. The minimum absolute atomic E-state index is 0.0217. The smallest absolute Gasteiger partial charge is 0.274 e. The van der Waals surface area contributed by atoms with Crippen molar-refractivity contribution in [2.45, 2.75) is 65.2 Å². The van der Waals surface area contributed by atoms with Gasteiger partial charge in [-0.15, -0.1) is 0 Å². The van der Waals surface area contributed by atoms with Gasteiger partial charge in [-0.3, -0.25) is 14.4 Å². The molecule has 0 aromatic carbocycles. The fourth-order valence-electron chi connectivity index (χ4n) is 4.01. The molecule has 2 aliphatic rings. The molecule has 4 heterocycles. The standard InChI is InChI=1S/C18H26N6O2/c1-12(2)22-7-5-9-24-14(11-22)10-15(19-24)18(25)23-8-4-6-16(23)17-13(3)20-26-21-17/h10,12,16H,4-9,11H2,1-3H3/t16-/m1/s1. The van der Waals surface area contributed by atoms with Gasteiger partial charge in [0.2, 0.25) is 0 Å². The van der Waals surface area contributed by atoms with E-state index in [9.17, 15) is 4.79 Å². The van der Waals surface area contributed by atoms with Crippen LogP contribution in [0.15, 0.2) is 10.7 Å². The van der Waals surface area contributed by atoms with Gasteiger partial charge < -0.3 is 4.90 Å². The van der Waals surface area contributed by atoms with Crippen LogP contribution in [-0.2, 0) is 13.1 Å². The quantitative estimate of drug-likeness (QED) is 0.836. The van der Waals surface area contributed by atoms with E-state index in [1.165, 1.54) is 0 Å². The summed E-state index contributed by atoms with van der Waals surface area (Å²) in [4.78, 5) is 17.4. The van der Waals surface area contributed by atoms with E-state index >= 15 is 0 Å². The van der Waals surface area contributed by atoms with Crippen molar-refractivity contribution >= 4 is 5.91 Å². The summed E-state index contributed by atoms with van der Waals surface area (Å²) in [6.07, 6.45) is 2.89. The van der Waals surface area contributed by atoms with E-state index in [2.05, 4.69) is 34.2 Å². The van der Waals surface area contributed by atoms with Crippen molar-refractivity contribution in [3.8, 4) is 0 Å². The van der Waals surface area contributed by atoms with Crippen molar-refractivity contribution in [1.82, 2.24) is 29.9 Å². The molecule has 8 heteroatoms. The van der Waals surface area contributed by atoms with Gasteiger partial charge in [-0.1, -0.05) is 10.3 Å². The predicted octanol–water partition coefficient (Wildman–Crippen LogP) is 2.17. The lowest BCUT2D eigenvalue weighted by Gasteiger charge is -2.23. The van der Waals surface area contributed by atoms with Gasteiger partial charge in [0, 0.05) is 32.2 Å². The Morgan fingerprint density at radius 1 is 1.23 bits per heavy atom. The molecule has 1 amide bonds. The number of carbonyl (C=O) groups is 1. The van der Waals surface area contributed by atoms with E-state index in [1.54, 1.807) is 0 Å².